The van der Waals surface area contributed by atoms with Gasteiger partial charge in [-0.25, -0.2) is 4.79 Å². The minimum atomic E-state index is -0.774. The van der Waals surface area contributed by atoms with E-state index in [1.807, 2.05) is 12.3 Å². The summed E-state index contributed by atoms with van der Waals surface area (Å²) in [6.07, 6.45) is 0.752. The van der Waals surface area contributed by atoms with Crippen molar-refractivity contribution in [1.82, 2.24) is 0 Å². The predicted octanol–water partition coefficient (Wildman–Crippen LogP) is 2.01. The van der Waals surface area contributed by atoms with Gasteiger partial charge in [-0.2, -0.15) is 11.3 Å². The Kier molecular flexibility index (Phi) is 2.35. The van der Waals surface area contributed by atoms with Gasteiger partial charge in [0.05, 0.1) is 7.11 Å². The quantitative estimate of drug-likeness (QED) is 0.584. The number of ether oxygens (including phenoxy) is 2. The molecule has 0 spiro atoms. The van der Waals surface area contributed by atoms with Gasteiger partial charge in [0.2, 0.25) is 0 Å². The second kappa shape index (κ2) is 3.32. The Labute approximate surface area is 93.0 Å². The number of rotatable bonds is 3. The summed E-state index contributed by atoms with van der Waals surface area (Å²) in [7, 11) is 1.39. The fourth-order valence-corrected chi connectivity index (χ4v) is 2.53. The fraction of sp³-hybridized carbons (Fsp3) is 0.545. The third kappa shape index (κ3) is 1.58. The smallest absolute Gasteiger partial charge is 0.340 e. The van der Waals surface area contributed by atoms with Gasteiger partial charge >= 0.3 is 5.97 Å². The number of hydrogen-bond donors (Lipinski definition) is 0. The minimum Gasteiger partial charge on any atom is -0.467 e. The van der Waals surface area contributed by atoms with E-state index in [-0.39, 0.29) is 5.97 Å². The van der Waals surface area contributed by atoms with Crippen molar-refractivity contribution in [2.24, 2.45) is 0 Å². The van der Waals surface area contributed by atoms with Crippen LogP contribution in [0.25, 0.3) is 0 Å². The first-order valence-electron chi connectivity index (χ1n) is 4.81. The lowest BCUT2D eigenvalue weighted by Crippen LogP contribution is -2.31. The fourth-order valence-electron chi connectivity index (χ4n) is 1.86. The van der Waals surface area contributed by atoms with Crippen molar-refractivity contribution >= 4 is 17.3 Å². The summed E-state index contributed by atoms with van der Waals surface area (Å²) < 4.78 is 10.3. The van der Waals surface area contributed by atoms with Gasteiger partial charge in [0.1, 0.15) is 5.60 Å². The molecule has 0 radical (unpaired) electrons. The molecule has 2 heterocycles. The highest BCUT2D eigenvalue weighted by molar-refractivity contribution is 7.07. The molecule has 1 saturated heterocycles. The Morgan fingerprint density at radius 1 is 1.60 bits per heavy atom. The van der Waals surface area contributed by atoms with E-state index >= 15 is 0 Å². The van der Waals surface area contributed by atoms with E-state index < -0.39 is 11.2 Å². The van der Waals surface area contributed by atoms with Crippen LogP contribution in [0.1, 0.15) is 19.4 Å². The summed E-state index contributed by atoms with van der Waals surface area (Å²) in [5.41, 5.74) is 0.0142. The van der Waals surface area contributed by atoms with Gasteiger partial charge in [0, 0.05) is 6.42 Å². The van der Waals surface area contributed by atoms with Crippen molar-refractivity contribution < 1.29 is 14.3 Å². The van der Waals surface area contributed by atoms with Crippen LogP contribution in [0, 0.1) is 0 Å². The monoisotopic (exact) mass is 226 g/mol. The summed E-state index contributed by atoms with van der Waals surface area (Å²) in [5.74, 6) is -0.291. The van der Waals surface area contributed by atoms with Gasteiger partial charge in [0.15, 0.2) is 5.60 Å². The molecule has 4 heteroatoms. The van der Waals surface area contributed by atoms with Crippen LogP contribution in [0.3, 0.4) is 0 Å². The molecular formula is C11H14O3S. The molecule has 0 aromatic carbocycles. The lowest BCUT2D eigenvalue weighted by molar-refractivity contribution is -0.146. The summed E-state index contributed by atoms with van der Waals surface area (Å²) in [6, 6.07) is 2.05. The maximum absolute atomic E-state index is 11.5. The SMILES string of the molecule is COC(=O)C1(C)OC1(C)Cc1ccsc1. The molecule has 1 aromatic heterocycles. The average Bonchev–Trinajstić information content (AvgIpc) is 2.60. The molecule has 0 saturated carbocycles. The van der Waals surface area contributed by atoms with E-state index in [4.69, 9.17) is 9.47 Å². The van der Waals surface area contributed by atoms with Gasteiger partial charge in [-0.05, 0) is 36.2 Å². The average molecular weight is 226 g/mol. The van der Waals surface area contributed by atoms with Crippen LogP contribution in [0.15, 0.2) is 16.8 Å². The lowest BCUT2D eigenvalue weighted by atomic mass is 9.91. The van der Waals surface area contributed by atoms with E-state index in [2.05, 4.69) is 11.4 Å². The Morgan fingerprint density at radius 2 is 2.33 bits per heavy atom. The first-order valence-corrected chi connectivity index (χ1v) is 5.76. The molecule has 0 aliphatic carbocycles. The molecule has 2 unspecified atom stereocenters. The molecule has 1 fully saturated rings. The predicted molar refractivity (Wildman–Crippen MR) is 57.9 cm³/mol. The maximum atomic E-state index is 11.5. The van der Waals surface area contributed by atoms with E-state index in [1.54, 1.807) is 18.3 Å². The van der Waals surface area contributed by atoms with Gasteiger partial charge in [-0.3, -0.25) is 0 Å². The number of carbonyl (C=O) groups excluding carboxylic acids is 1. The molecule has 1 aromatic rings. The summed E-state index contributed by atoms with van der Waals surface area (Å²) >= 11 is 1.65. The number of esters is 1. The number of thiophene rings is 1. The van der Waals surface area contributed by atoms with Gasteiger partial charge in [-0.15, -0.1) is 0 Å². The van der Waals surface area contributed by atoms with Gasteiger partial charge in [-0.1, -0.05) is 0 Å². The van der Waals surface area contributed by atoms with Gasteiger partial charge in [0.25, 0.3) is 0 Å². The van der Waals surface area contributed by atoms with Crippen molar-refractivity contribution in [1.29, 1.82) is 0 Å². The van der Waals surface area contributed by atoms with Crippen LogP contribution in [0.4, 0.5) is 0 Å². The minimum absolute atomic E-state index is 0.291. The van der Waals surface area contributed by atoms with Crippen LogP contribution in [0.2, 0.25) is 0 Å². The summed E-state index contributed by atoms with van der Waals surface area (Å²) in [6.45, 7) is 3.73. The van der Waals surface area contributed by atoms with E-state index in [0.717, 1.165) is 6.42 Å². The Bertz CT molecular complexity index is 373. The van der Waals surface area contributed by atoms with Crippen LogP contribution in [0.5, 0.6) is 0 Å². The van der Waals surface area contributed by atoms with Crippen molar-refractivity contribution in [3.8, 4) is 0 Å². The van der Waals surface area contributed by atoms with Crippen LogP contribution in [-0.2, 0) is 20.7 Å². The topological polar surface area (TPSA) is 38.8 Å². The highest BCUT2D eigenvalue weighted by Gasteiger charge is 2.69. The molecule has 2 rings (SSSR count). The normalized spacial score (nSPS) is 33.8. The third-order valence-electron chi connectivity index (χ3n) is 3.09. The van der Waals surface area contributed by atoms with Crippen molar-refractivity contribution in [2.45, 2.75) is 31.5 Å². The summed E-state index contributed by atoms with van der Waals surface area (Å²) in [5, 5.41) is 4.10. The Balaban J connectivity index is 2.09. The van der Waals surface area contributed by atoms with E-state index in [1.165, 1.54) is 12.7 Å². The number of hydrogen-bond acceptors (Lipinski definition) is 4. The van der Waals surface area contributed by atoms with Gasteiger partial charge < -0.3 is 9.47 Å². The summed E-state index contributed by atoms with van der Waals surface area (Å²) in [4.78, 5) is 11.5. The largest absolute Gasteiger partial charge is 0.467 e. The second-order valence-corrected chi connectivity index (χ2v) is 4.95. The molecule has 2 atom stereocenters. The van der Waals surface area contributed by atoms with Crippen LogP contribution < -0.4 is 0 Å². The first kappa shape index (κ1) is 10.6. The van der Waals surface area contributed by atoms with Crippen LogP contribution >= 0.6 is 11.3 Å². The number of carbonyl (C=O) groups is 1. The maximum Gasteiger partial charge on any atom is 0.340 e. The van der Waals surface area contributed by atoms with Crippen molar-refractivity contribution in [2.75, 3.05) is 7.11 Å². The molecule has 15 heavy (non-hydrogen) atoms. The zero-order valence-corrected chi connectivity index (χ0v) is 9.89. The second-order valence-electron chi connectivity index (χ2n) is 4.17. The first-order chi connectivity index (χ1) is 7.02. The zero-order valence-electron chi connectivity index (χ0n) is 9.07. The highest BCUT2D eigenvalue weighted by atomic mass is 32.1. The third-order valence-corrected chi connectivity index (χ3v) is 3.83. The molecular weight excluding hydrogens is 212 g/mol. The van der Waals surface area contributed by atoms with Crippen molar-refractivity contribution in [3.63, 3.8) is 0 Å². The van der Waals surface area contributed by atoms with Crippen molar-refractivity contribution in [3.05, 3.63) is 22.4 Å². The molecule has 82 valence electrons. The Hall–Kier alpha value is -0.870. The molecule has 0 bridgehead atoms. The zero-order chi connectivity index (χ0) is 11.1. The number of methoxy groups -OCH3 is 1. The molecule has 0 amide bonds. The lowest BCUT2D eigenvalue weighted by Gasteiger charge is -2.09. The molecule has 1 aliphatic rings. The highest BCUT2D eigenvalue weighted by Crippen LogP contribution is 2.50. The number of epoxide rings is 1. The van der Waals surface area contributed by atoms with E-state index in [9.17, 15) is 4.79 Å². The molecule has 3 nitrogen and oxygen atoms in total. The van der Waals surface area contributed by atoms with E-state index in [0.29, 0.717) is 0 Å². The molecule has 0 N–H and O–H groups in total. The molecule has 1 aliphatic heterocycles. The Morgan fingerprint density at radius 3 is 2.87 bits per heavy atom. The standard InChI is InChI=1S/C11H14O3S/c1-10(6-8-4-5-15-7-8)11(2,14-10)9(12)13-3/h4-5,7H,6H2,1-3H3. The van der Waals surface area contributed by atoms with Crippen LogP contribution in [-0.4, -0.2) is 24.3 Å².